The van der Waals surface area contributed by atoms with Gasteiger partial charge in [0.2, 0.25) is 0 Å². The Labute approximate surface area is 122 Å². The summed E-state index contributed by atoms with van der Waals surface area (Å²) in [5.74, 6) is 0.889. The second-order valence-corrected chi connectivity index (χ2v) is 5.46. The summed E-state index contributed by atoms with van der Waals surface area (Å²) in [5.41, 5.74) is 1.96. The lowest BCUT2D eigenvalue weighted by atomic mass is 10.1. The third-order valence-electron chi connectivity index (χ3n) is 3.92. The lowest BCUT2D eigenvalue weighted by molar-refractivity contribution is 0.0931. The zero-order valence-electron chi connectivity index (χ0n) is 11.1. The summed E-state index contributed by atoms with van der Waals surface area (Å²) in [4.78, 5) is 20.9. The maximum Gasteiger partial charge on any atom is 0.253 e. The average Bonchev–Trinajstić information content (AvgIpc) is 2.93. The quantitative estimate of drug-likeness (QED) is 0.884. The van der Waals surface area contributed by atoms with Gasteiger partial charge in [0, 0.05) is 24.3 Å². The van der Waals surface area contributed by atoms with E-state index in [1.165, 1.54) is 0 Å². The van der Waals surface area contributed by atoms with Gasteiger partial charge in [-0.1, -0.05) is 12.5 Å². The number of carbonyl (C=O) groups excluding carboxylic acids is 1. The molecule has 2 atom stereocenters. The van der Waals surface area contributed by atoms with Crippen molar-refractivity contribution in [3.8, 4) is 0 Å². The van der Waals surface area contributed by atoms with Gasteiger partial charge in [-0.05, 0) is 30.9 Å². The van der Waals surface area contributed by atoms with Crippen LogP contribution in [-0.2, 0) is 0 Å². The molecule has 1 saturated carbocycles. The zero-order chi connectivity index (χ0) is 13.9. The highest BCUT2D eigenvalue weighted by molar-refractivity contribution is 6.18. The van der Waals surface area contributed by atoms with Crippen molar-refractivity contribution in [3.05, 3.63) is 36.2 Å². The second-order valence-electron chi connectivity index (χ2n) is 5.15. The molecule has 1 amide bonds. The first-order chi connectivity index (χ1) is 9.79. The van der Waals surface area contributed by atoms with Crippen molar-refractivity contribution in [2.75, 3.05) is 5.88 Å². The van der Waals surface area contributed by atoms with Crippen molar-refractivity contribution in [1.82, 2.24) is 15.3 Å². The molecule has 104 valence electrons. The number of rotatable bonds is 3. The highest BCUT2D eigenvalue weighted by atomic mass is 35.5. The predicted molar refractivity (Wildman–Crippen MR) is 78.9 cm³/mol. The molecule has 2 aromatic rings. The van der Waals surface area contributed by atoms with Gasteiger partial charge in [0.1, 0.15) is 5.52 Å². The van der Waals surface area contributed by atoms with Gasteiger partial charge in [0.25, 0.3) is 5.91 Å². The number of aromatic nitrogens is 2. The van der Waals surface area contributed by atoms with Crippen LogP contribution in [0.5, 0.6) is 0 Å². The van der Waals surface area contributed by atoms with Crippen LogP contribution in [0.2, 0.25) is 0 Å². The van der Waals surface area contributed by atoms with Gasteiger partial charge in [0.15, 0.2) is 0 Å². The number of hydrogen-bond donors (Lipinski definition) is 1. The highest BCUT2D eigenvalue weighted by Gasteiger charge is 2.28. The van der Waals surface area contributed by atoms with Crippen LogP contribution in [0.3, 0.4) is 0 Å². The minimum absolute atomic E-state index is 0.0851. The largest absolute Gasteiger partial charge is 0.349 e. The molecule has 0 bridgehead atoms. The maximum atomic E-state index is 12.5. The fourth-order valence-electron chi connectivity index (χ4n) is 2.83. The molecule has 0 saturated heterocycles. The van der Waals surface area contributed by atoms with Crippen molar-refractivity contribution in [2.45, 2.75) is 25.3 Å². The Morgan fingerprint density at radius 3 is 3.00 bits per heavy atom. The van der Waals surface area contributed by atoms with E-state index in [9.17, 15) is 4.79 Å². The molecule has 2 unspecified atom stereocenters. The average molecular weight is 290 g/mol. The van der Waals surface area contributed by atoms with Gasteiger partial charge in [0.05, 0.1) is 11.1 Å². The van der Waals surface area contributed by atoms with Crippen LogP contribution in [0.25, 0.3) is 11.0 Å². The van der Waals surface area contributed by atoms with Crippen molar-refractivity contribution >= 4 is 28.5 Å². The van der Waals surface area contributed by atoms with Crippen LogP contribution in [0.15, 0.2) is 30.6 Å². The SMILES string of the molecule is O=C(NC1CCCC1CCl)c1cccc2nccnc12. The summed E-state index contributed by atoms with van der Waals surface area (Å²) >= 11 is 5.95. The molecule has 0 spiro atoms. The number of nitrogens with zero attached hydrogens (tertiary/aromatic N) is 2. The van der Waals surface area contributed by atoms with Crippen molar-refractivity contribution in [3.63, 3.8) is 0 Å². The van der Waals surface area contributed by atoms with Crippen molar-refractivity contribution < 1.29 is 4.79 Å². The lowest BCUT2D eigenvalue weighted by Crippen LogP contribution is -2.38. The standard InChI is InChI=1S/C15H16ClN3O/c16-9-10-3-1-5-12(10)19-15(20)11-4-2-6-13-14(11)18-8-7-17-13/h2,4,6-8,10,12H,1,3,5,9H2,(H,19,20). The van der Waals surface area contributed by atoms with Gasteiger partial charge in [-0.15, -0.1) is 11.6 Å². The van der Waals surface area contributed by atoms with Gasteiger partial charge >= 0.3 is 0 Å². The number of alkyl halides is 1. The summed E-state index contributed by atoms with van der Waals surface area (Å²) in [6.45, 7) is 0. The number of fused-ring (bicyclic) bond motifs is 1. The van der Waals surface area contributed by atoms with E-state index < -0.39 is 0 Å². The van der Waals surface area contributed by atoms with E-state index in [-0.39, 0.29) is 11.9 Å². The third kappa shape index (κ3) is 2.48. The molecular weight excluding hydrogens is 274 g/mol. The number of para-hydroxylation sites is 1. The van der Waals surface area contributed by atoms with E-state index >= 15 is 0 Å². The molecule has 4 nitrogen and oxygen atoms in total. The number of benzene rings is 1. The van der Waals surface area contributed by atoms with Gasteiger partial charge in [-0.2, -0.15) is 0 Å². The number of halogens is 1. The van der Waals surface area contributed by atoms with Gasteiger partial charge in [-0.3, -0.25) is 14.8 Å². The summed E-state index contributed by atoms with van der Waals surface area (Å²) in [6.07, 6.45) is 6.45. The maximum absolute atomic E-state index is 12.5. The molecule has 1 aromatic carbocycles. The third-order valence-corrected chi connectivity index (χ3v) is 4.31. The number of amides is 1. The molecule has 5 heteroatoms. The molecule has 1 aromatic heterocycles. The monoisotopic (exact) mass is 289 g/mol. The normalized spacial score (nSPS) is 22.1. The molecular formula is C15H16ClN3O. The molecule has 20 heavy (non-hydrogen) atoms. The van der Waals surface area contributed by atoms with Crippen LogP contribution in [0, 0.1) is 5.92 Å². The smallest absolute Gasteiger partial charge is 0.253 e. The molecule has 1 aliphatic carbocycles. The molecule has 0 radical (unpaired) electrons. The van der Waals surface area contributed by atoms with E-state index in [4.69, 9.17) is 11.6 Å². The summed E-state index contributed by atoms with van der Waals surface area (Å²) in [5, 5.41) is 3.10. The van der Waals surface area contributed by atoms with E-state index in [0.29, 0.717) is 22.9 Å². The number of hydrogen-bond acceptors (Lipinski definition) is 3. The Morgan fingerprint density at radius 2 is 2.15 bits per heavy atom. The summed E-state index contributed by atoms with van der Waals surface area (Å²) in [7, 11) is 0. The first-order valence-electron chi connectivity index (χ1n) is 6.86. The van der Waals surface area contributed by atoms with Crippen molar-refractivity contribution in [2.24, 2.45) is 5.92 Å². The fraction of sp³-hybridized carbons (Fsp3) is 0.400. The van der Waals surface area contributed by atoms with Crippen LogP contribution < -0.4 is 5.32 Å². The Morgan fingerprint density at radius 1 is 1.30 bits per heavy atom. The van der Waals surface area contributed by atoms with Gasteiger partial charge in [-0.25, -0.2) is 0 Å². The number of carbonyl (C=O) groups is 1. The predicted octanol–water partition coefficient (Wildman–Crippen LogP) is 2.77. The number of nitrogens with one attached hydrogen (secondary N) is 1. The van der Waals surface area contributed by atoms with E-state index in [2.05, 4.69) is 15.3 Å². The molecule has 0 aliphatic heterocycles. The molecule has 1 heterocycles. The topological polar surface area (TPSA) is 54.9 Å². The molecule has 3 rings (SSSR count). The van der Waals surface area contributed by atoms with E-state index in [1.807, 2.05) is 12.1 Å². The highest BCUT2D eigenvalue weighted by Crippen LogP contribution is 2.27. The van der Waals surface area contributed by atoms with Crippen molar-refractivity contribution in [1.29, 1.82) is 0 Å². The first kappa shape index (κ1) is 13.3. The Bertz CT molecular complexity index is 626. The molecule has 1 N–H and O–H groups in total. The van der Waals surface area contributed by atoms with Crippen LogP contribution in [0.1, 0.15) is 29.6 Å². The first-order valence-corrected chi connectivity index (χ1v) is 7.39. The summed E-state index contributed by atoms with van der Waals surface area (Å²) in [6, 6.07) is 5.65. The Kier molecular flexibility index (Phi) is 3.83. The fourth-order valence-corrected chi connectivity index (χ4v) is 3.20. The van der Waals surface area contributed by atoms with Crippen LogP contribution in [-0.4, -0.2) is 27.8 Å². The molecule has 1 aliphatic rings. The zero-order valence-corrected chi connectivity index (χ0v) is 11.8. The van der Waals surface area contributed by atoms with E-state index in [1.54, 1.807) is 18.5 Å². The van der Waals surface area contributed by atoms with E-state index in [0.717, 1.165) is 24.8 Å². The minimum atomic E-state index is -0.0851. The lowest BCUT2D eigenvalue weighted by Gasteiger charge is -2.19. The Balaban J connectivity index is 1.86. The van der Waals surface area contributed by atoms with Gasteiger partial charge < -0.3 is 5.32 Å². The summed E-state index contributed by atoms with van der Waals surface area (Å²) < 4.78 is 0. The minimum Gasteiger partial charge on any atom is -0.349 e. The molecule has 1 fully saturated rings. The Hall–Kier alpha value is -1.68. The van der Waals surface area contributed by atoms with Crippen LogP contribution in [0.4, 0.5) is 0 Å². The second kappa shape index (κ2) is 5.75. The van der Waals surface area contributed by atoms with Crippen LogP contribution >= 0.6 is 11.6 Å².